The van der Waals surface area contributed by atoms with E-state index < -0.39 is 0 Å². The smallest absolute Gasteiger partial charge is 0.309 e. The van der Waals surface area contributed by atoms with Gasteiger partial charge < -0.3 is 9.47 Å². The van der Waals surface area contributed by atoms with Crippen molar-refractivity contribution in [3.05, 3.63) is 0 Å². The van der Waals surface area contributed by atoms with Crippen LogP contribution in [0.1, 0.15) is 78.1 Å². The number of rotatable bonds is 8. The van der Waals surface area contributed by atoms with Crippen molar-refractivity contribution in [1.29, 1.82) is 0 Å². The zero-order valence-corrected chi connectivity index (χ0v) is 15.9. The molecule has 1 aliphatic carbocycles. The van der Waals surface area contributed by atoms with E-state index in [9.17, 15) is 9.59 Å². The topological polar surface area (TPSA) is 52.6 Å². The number of carbonyl (C=O) groups is 2. The predicted octanol–water partition coefficient (Wildman–Crippen LogP) is 4.50. The maximum Gasteiger partial charge on any atom is 0.309 e. The van der Waals surface area contributed by atoms with Crippen LogP contribution >= 0.6 is 11.8 Å². The molecule has 3 fully saturated rings. The monoisotopic (exact) mass is 356 g/mol. The van der Waals surface area contributed by atoms with E-state index in [1.165, 1.54) is 25.7 Å². The van der Waals surface area contributed by atoms with Crippen molar-refractivity contribution in [2.24, 2.45) is 5.92 Å². The number of hydrogen-bond acceptors (Lipinski definition) is 5. The SMILES string of the molecule is CCCCC(CC(=O)C1OC2CCCC(CCC2)S1)C(=O)OCC. The van der Waals surface area contributed by atoms with Crippen molar-refractivity contribution in [3.8, 4) is 0 Å². The lowest BCUT2D eigenvalue weighted by Crippen LogP contribution is -2.35. The lowest BCUT2D eigenvalue weighted by Gasteiger charge is -2.34. The molecule has 2 aliphatic heterocycles. The summed E-state index contributed by atoms with van der Waals surface area (Å²) in [7, 11) is 0. The summed E-state index contributed by atoms with van der Waals surface area (Å²) in [6.45, 7) is 4.28. The number of ketones is 1. The van der Waals surface area contributed by atoms with Crippen LogP contribution in [0.25, 0.3) is 0 Å². The molecule has 138 valence electrons. The normalized spacial score (nSPS) is 28.5. The van der Waals surface area contributed by atoms with Gasteiger partial charge in [-0.15, -0.1) is 11.8 Å². The summed E-state index contributed by atoms with van der Waals surface area (Å²) in [6.07, 6.45) is 10.1. The predicted molar refractivity (Wildman–Crippen MR) is 97.0 cm³/mol. The highest BCUT2D eigenvalue weighted by Crippen LogP contribution is 2.37. The highest BCUT2D eigenvalue weighted by molar-refractivity contribution is 8.01. The van der Waals surface area contributed by atoms with Gasteiger partial charge in [0.25, 0.3) is 0 Å². The first kappa shape index (κ1) is 19.8. The van der Waals surface area contributed by atoms with Crippen LogP contribution < -0.4 is 0 Å². The molecule has 0 aromatic rings. The fourth-order valence-electron chi connectivity index (χ4n) is 3.59. The Bertz CT molecular complexity index is 388. The summed E-state index contributed by atoms with van der Waals surface area (Å²) < 4.78 is 11.3. The van der Waals surface area contributed by atoms with Gasteiger partial charge in [0.2, 0.25) is 0 Å². The third kappa shape index (κ3) is 6.07. The molecule has 1 saturated carbocycles. The van der Waals surface area contributed by atoms with E-state index in [0.717, 1.165) is 32.1 Å². The average Bonchev–Trinajstić information content (AvgIpc) is 2.49. The number of esters is 1. The lowest BCUT2D eigenvalue weighted by atomic mass is 9.96. The molecule has 0 radical (unpaired) electrons. The van der Waals surface area contributed by atoms with Crippen molar-refractivity contribution in [1.82, 2.24) is 0 Å². The second-order valence-corrected chi connectivity index (χ2v) is 8.34. The number of unbranched alkanes of at least 4 members (excludes halogenated alkanes) is 1. The zero-order valence-electron chi connectivity index (χ0n) is 15.1. The molecule has 0 aromatic heterocycles. The lowest BCUT2D eigenvalue weighted by molar-refractivity contribution is -0.150. The minimum Gasteiger partial charge on any atom is -0.466 e. The number of thioether (sulfide) groups is 1. The summed E-state index contributed by atoms with van der Waals surface area (Å²) in [6, 6.07) is 0. The van der Waals surface area contributed by atoms with Gasteiger partial charge in [0.15, 0.2) is 11.2 Å². The molecule has 2 atom stereocenters. The van der Waals surface area contributed by atoms with Gasteiger partial charge in [0, 0.05) is 11.7 Å². The molecule has 5 heteroatoms. The maximum absolute atomic E-state index is 12.8. The molecule has 3 rings (SSSR count). The van der Waals surface area contributed by atoms with Gasteiger partial charge in [-0.25, -0.2) is 0 Å². The summed E-state index contributed by atoms with van der Waals surface area (Å²) in [4.78, 5) is 25.0. The molecule has 2 saturated heterocycles. The minimum atomic E-state index is -0.390. The van der Waals surface area contributed by atoms with Crippen LogP contribution in [-0.2, 0) is 19.1 Å². The van der Waals surface area contributed by atoms with E-state index in [1.54, 1.807) is 11.8 Å². The molecule has 0 aromatic carbocycles. The second kappa shape index (κ2) is 10.4. The van der Waals surface area contributed by atoms with Gasteiger partial charge in [-0.2, -0.15) is 0 Å². The highest BCUT2D eigenvalue weighted by atomic mass is 32.2. The van der Waals surface area contributed by atoms with Crippen molar-refractivity contribution < 1.29 is 19.1 Å². The molecular formula is C19H32O4S. The molecule has 2 bridgehead atoms. The molecule has 2 unspecified atom stereocenters. The summed E-state index contributed by atoms with van der Waals surface area (Å²) in [5.41, 5.74) is -0.390. The Kier molecular flexibility index (Phi) is 8.60. The first-order valence-corrected chi connectivity index (χ1v) is 10.6. The quantitative estimate of drug-likeness (QED) is 0.600. The van der Waals surface area contributed by atoms with Crippen LogP contribution in [0.15, 0.2) is 0 Å². The Hall–Kier alpha value is -0.550. The number of fused-ring (bicyclic) bond motifs is 6. The van der Waals surface area contributed by atoms with E-state index in [4.69, 9.17) is 9.47 Å². The largest absolute Gasteiger partial charge is 0.466 e. The first-order chi connectivity index (χ1) is 11.6. The van der Waals surface area contributed by atoms with Gasteiger partial charge in [-0.1, -0.05) is 19.8 Å². The Morgan fingerprint density at radius 2 is 1.88 bits per heavy atom. The van der Waals surface area contributed by atoms with Gasteiger partial charge in [-0.05, 0) is 51.9 Å². The summed E-state index contributed by atoms with van der Waals surface area (Å²) in [5, 5.41) is 0.525. The molecule has 2 heterocycles. The summed E-state index contributed by atoms with van der Waals surface area (Å²) in [5.74, 6) is -0.463. The Labute approximate surface area is 150 Å². The van der Waals surface area contributed by atoms with Crippen LogP contribution in [-0.4, -0.2) is 35.1 Å². The average molecular weight is 357 g/mol. The molecule has 0 amide bonds. The van der Waals surface area contributed by atoms with Gasteiger partial charge in [0.1, 0.15) is 0 Å². The third-order valence-corrected chi connectivity index (χ3v) is 6.45. The van der Waals surface area contributed by atoms with Gasteiger partial charge in [0.05, 0.1) is 18.6 Å². The minimum absolute atomic E-state index is 0.0768. The summed E-state index contributed by atoms with van der Waals surface area (Å²) >= 11 is 1.70. The Morgan fingerprint density at radius 1 is 1.17 bits per heavy atom. The van der Waals surface area contributed by atoms with Crippen molar-refractivity contribution >= 4 is 23.5 Å². The molecule has 4 nitrogen and oxygen atoms in total. The van der Waals surface area contributed by atoms with E-state index in [2.05, 4.69) is 6.92 Å². The fourth-order valence-corrected chi connectivity index (χ4v) is 5.02. The van der Waals surface area contributed by atoms with E-state index in [0.29, 0.717) is 11.9 Å². The van der Waals surface area contributed by atoms with Crippen LogP contribution in [0.2, 0.25) is 0 Å². The van der Waals surface area contributed by atoms with E-state index in [1.807, 2.05) is 6.92 Å². The fraction of sp³-hybridized carbons (Fsp3) is 0.895. The van der Waals surface area contributed by atoms with Gasteiger partial charge >= 0.3 is 5.97 Å². The van der Waals surface area contributed by atoms with Crippen LogP contribution in [0.4, 0.5) is 0 Å². The molecule has 3 aliphatic rings. The molecule has 0 N–H and O–H groups in total. The van der Waals surface area contributed by atoms with Crippen molar-refractivity contribution in [3.63, 3.8) is 0 Å². The zero-order chi connectivity index (χ0) is 17.4. The standard InChI is InChI=1S/C19H32O4S/c1-3-5-8-14(18(21)22-4-2)13-17(20)19-23-15-9-6-11-16(24-19)12-7-10-15/h14-16,19H,3-13H2,1-2H3. The van der Waals surface area contributed by atoms with Crippen LogP contribution in [0.5, 0.6) is 0 Å². The Balaban J connectivity index is 1.97. The second-order valence-electron chi connectivity index (χ2n) is 6.97. The molecular weight excluding hydrogens is 324 g/mol. The number of ether oxygens (including phenoxy) is 2. The molecule has 24 heavy (non-hydrogen) atoms. The van der Waals surface area contributed by atoms with Crippen LogP contribution in [0.3, 0.4) is 0 Å². The highest BCUT2D eigenvalue weighted by Gasteiger charge is 2.34. The van der Waals surface area contributed by atoms with Crippen molar-refractivity contribution in [2.45, 2.75) is 94.8 Å². The Morgan fingerprint density at radius 3 is 2.50 bits per heavy atom. The van der Waals surface area contributed by atoms with Crippen LogP contribution in [0, 0.1) is 5.92 Å². The maximum atomic E-state index is 12.8. The third-order valence-electron chi connectivity index (χ3n) is 4.97. The number of carbonyl (C=O) groups excluding carboxylic acids is 2. The molecule has 0 spiro atoms. The van der Waals surface area contributed by atoms with Crippen molar-refractivity contribution in [2.75, 3.05) is 6.61 Å². The first-order valence-electron chi connectivity index (χ1n) is 9.64. The number of hydrogen-bond donors (Lipinski definition) is 0. The van der Waals surface area contributed by atoms with E-state index >= 15 is 0 Å². The van der Waals surface area contributed by atoms with E-state index in [-0.39, 0.29) is 35.6 Å². The van der Waals surface area contributed by atoms with Gasteiger partial charge in [-0.3, -0.25) is 9.59 Å². The number of Topliss-reactive ketones (excluding diaryl/α,β-unsaturated/α-hetero) is 1.